The Kier molecular flexibility index (Phi) is 5.15. The molecule has 0 radical (unpaired) electrons. The molecule has 0 aliphatic heterocycles. The molecule has 1 heteroatoms. The number of nitrogens with zero attached hydrogens (tertiary/aromatic N) is 1. The molecule has 0 heterocycles. The van der Waals surface area contributed by atoms with E-state index < -0.39 is 0 Å². The van der Waals surface area contributed by atoms with Gasteiger partial charge in [-0.3, -0.25) is 4.99 Å². The molecule has 1 rings (SSSR count). The largest absolute Gasteiger partial charge is 0.261 e. The van der Waals surface area contributed by atoms with E-state index in [4.69, 9.17) is 0 Å². The Labute approximate surface area is 104 Å². The van der Waals surface area contributed by atoms with E-state index in [9.17, 15) is 0 Å². The van der Waals surface area contributed by atoms with Gasteiger partial charge in [0.25, 0.3) is 0 Å². The molecule has 88 valence electrons. The maximum absolute atomic E-state index is 4.46. The molecular weight excluding hydrogens is 206 g/mol. The molecule has 0 aromatic heterocycles. The zero-order valence-electron chi connectivity index (χ0n) is 10.8. The lowest BCUT2D eigenvalue weighted by Gasteiger charge is -2.08. The van der Waals surface area contributed by atoms with Gasteiger partial charge in [-0.25, -0.2) is 0 Å². The van der Waals surface area contributed by atoms with Crippen LogP contribution in [-0.2, 0) is 0 Å². The van der Waals surface area contributed by atoms with Crippen LogP contribution in [0.4, 0.5) is 5.69 Å². The Morgan fingerprint density at radius 3 is 2.41 bits per heavy atom. The van der Waals surface area contributed by atoms with Gasteiger partial charge in [0.1, 0.15) is 0 Å². The van der Waals surface area contributed by atoms with Gasteiger partial charge in [-0.15, -0.1) is 0 Å². The first-order chi connectivity index (χ1) is 8.24. The summed E-state index contributed by atoms with van der Waals surface area (Å²) in [4.78, 5) is 4.46. The first kappa shape index (κ1) is 13.2. The molecule has 0 amide bonds. The van der Waals surface area contributed by atoms with Crippen molar-refractivity contribution < 1.29 is 0 Å². The van der Waals surface area contributed by atoms with Crippen molar-refractivity contribution in [1.29, 1.82) is 0 Å². The van der Waals surface area contributed by atoms with Crippen molar-refractivity contribution in [1.82, 2.24) is 0 Å². The third-order valence-electron chi connectivity index (χ3n) is 2.52. The standard InChI is InChI=1S/C16H19N/c1-5-8-10-14-11-12-15(9-6-2)16(13(14)4)17-7-3/h5-12H,1H2,2-4H3/b9-6-,10-8-,17-7-. The predicted molar refractivity (Wildman–Crippen MR) is 78.9 cm³/mol. The van der Waals surface area contributed by atoms with E-state index in [0.29, 0.717) is 0 Å². The Hall–Kier alpha value is -1.89. The van der Waals surface area contributed by atoms with Gasteiger partial charge in [-0.05, 0) is 31.9 Å². The summed E-state index contributed by atoms with van der Waals surface area (Å²) in [5.41, 5.74) is 4.56. The lowest BCUT2D eigenvalue weighted by atomic mass is 10.0. The van der Waals surface area contributed by atoms with Crippen molar-refractivity contribution in [3.63, 3.8) is 0 Å². The summed E-state index contributed by atoms with van der Waals surface area (Å²) in [7, 11) is 0. The molecular formula is C16H19N. The second-order valence-electron chi connectivity index (χ2n) is 3.70. The van der Waals surface area contributed by atoms with E-state index in [1.165, 1.54) is 11.1 Å². The zero-order valence-corrected chi connectivity index (χ0v) is 10.8. The molecule has 1 nitrogen and oxygen atoms in total. The number of aliphatic imine (C=N–C) groups is 1. The molecule has 1 aromatic carbocycles. The fourth-order valence-electron chi connectivity index (χ4n) is 1.70. The topological polar surface area (TPSA) is 12.4 Å². The van der Waals surface area contributed by atoms with E-state index >= 15 is 0 Å². The van der Waals surface area contributed by atoms with E-state index in [2.05, 4.69) is 42.8 Å². The molecule has 0 bridgehead atoms. The number of benzene rings is 1. The lowest BCUT2D eigenvalue weighted by Crippen LogP contribution is -1.86. The molecule has 0 fully saturated rings. The van der Waals surface area contributed by atoms with Crippen LogP contribution in [0.3, 0.4) is 0 Å². The highest BCUT2D eigenvalue weighted by atomic mass is 14.7. The summed E-state index contributed by atoms with van der Waals surface area (Å²) in [6.45, 7) is 9.73. The average molecular weight is 225 g/mol. The molecule has 0 unspecified atom stereocenters. The molecule has 1 aromatic rings. The van der Waals surface area contributed by atoms with Crippen molar-refractivity contribution >= 4 is 24.1 Å². The van der Waals surface area contributed by atoms with Gasteiger partial charge in [0.15, 0.2) is 0 Å². The van der Waals surface area contributed by atoms with Crippen LogP contribution in [0.1, 0.15) is 30.5 Å². The summed E-state index contributed by atoms with van der Waals surface area (Å²) in [6, 6.07) is 4.21. The van der Waals surface area contributed by atoms with Crippen LogP contribution in [0.15, 0.2) is 41.9 Å². The van der Waals surface area contributed by atoms with Gasteiger partial charge in [0, 0.05) is 11.8 Å². The van der Waals surface area contributed by atoms with Crippen LogP contribution in [0.5, 0.6) is 0 Å². The van der Waals surface area contributed by atoms with Crippen LogP contribution in [0.25, 0.3) is 12.2 Å². The Balaban J connectivity index is 3.37. The fraction of sp³-hybridized carbons (Fsp3) is 0.188. The van der Waals surface area contributed by atoms with Gasteiger partial charge >= 0.3 is 0 Å². The molecule has 17 heavy (non-hydrogen) atoms. The Morgan fingerprint density at radius 2 is 1.82 bits per heavy atom. The quantitative estimate of drug-likeness (QED) is 0.508. The van der Waals surface area contributed by atoms with E-state index in [0.717, 1.165) is 11.3 Å². The second kappa shape index (κ2) is 6.64. The van der Waals surface area contributed by atoms with Crippen LogP contribution >= 0.6 is 0 Å². The van der Waals surface area contributed by atoms with Gasteiger partial charge < -0.3 is 0 Å². The molecule has 0 saturated heterocycles. The maximum atomic E-state index is 4.46. The summed E-state index contributed by atoms with van der Waals surface area (Å²) in [5, 5.41) is 0. The van der Waals surface area contributed by atoms with Gasteiger partial charge in [-0.1, -0.05) is 49.1 Å². The minimum atomic E-state index is 1.04. The van der Waals surface area contributed by atoms with Crippen LogP contribution in [-0.4, -0.2) is 6.21 Å². The summed E-state index contributed by atoms with van der Waals surface area (Å²) in [5.74, 6) is 0. The zero-order chi connectivity index (χ0) is 12.7. The van der Waals surface area contributed by atoms with Crippen molar-refractivity contribution in [2.24, 2.45) is 4.99 Å². The average Bonchev–Trinajstić information content (AvgIpc) is 2.33. The van der Waals surface area contributed by atoms with Gasteiger partial charge in [0.2, 0.25) is 0 Å². The molecule has 0 atom stereocenters. The molecule has 0 aliphatic carbocycles. The van der Waals surface area contributed by atoms with Crippen molar-refractivity contribution in [3.05, 3.63) is 53.6 Å². The number of hydrogen-bond donors (Lipinski definition) is 0. The predicted octanol–water partition coefficient (Wildman–Crippen LogP) is 4.95. The van der Waals surface area contributed by atoms with Crippen molar-refractivity contribution in [2.45, 2.75) is 20.8 Å². The van der Waals surface area contributed by atoms with Gasteiger partial charge in [-0.2, -0.15) is 0 Å². The third kappa shape index (κ3) is 3.28. The van der Waals surface area contributed by atoms with E-state index in [1.807, 2.05) is 32.2 Å². The number of hydrogen-bond acceptors (Lipinski definition) is 1. The van der Waals surface area contributed by atoms with Crippen LogP contribution < -0.4 is 0 Å². The minimum Gasteiger partial charge on any atom is -0.261 e. The highest BCUT2D eigenvalue weighted by Gasteiger charge is 2.04. The first-order valence-electron chi connectivity index (χ1n) is 5.78. The Morgan fingerprint density at radius 1 is 1.12 bits per heavy atom. The summed E-state index contributed by atoms with van der Waals surface area (Å²) >= 11 is 0. The highest BCUT2D eigenvalue weighted by molar-refractivity contribution is 5.76. The molecule has 0 N–H and O–H groups in total. The first-order valence-corrected chi connectivity index (χ1v) is 5.78. The third-order valence-corrected chi connectivity index (χ3v) is 2.52. The minimum absolute atomic E-state index is 1.04. The highest BCUT2D eigenvalue weighted by Crippen LogP contribution is 2.28. The van der Waals surface area contributed by atoms with Crippen molar-refractivity contribution in [3.8, 4) is 0 Å². The smallest absolute Gasteiger partial charge is 0.0732 e. The lowest BCUT2D eigenvalue weighted by molar-refractivity contribution is 1.37. The van der Waals surface area contributed by atoms with Crippen LogP contribution in [0, 0.1) is 6.92 Å². The SMILES string of the molecule is C=C/C=C\c1ccc(/C=C\C)c(/N=C\C)c1C. The van der Waals surface area contributed by atoms with Gasteiger partial charge in [0.05, 0.1) is 5.69 Å². The van der Waals surface area contributed by atoms with Crippen molar-refractivity contribution in [2.75, 3.05) is 0 Å². The maximum Gasteiger partial charge on any atom is 0.0732 e. The molecule has 0 aliphatic rings. The molecule has 0 saturated carbocycles. The monoisotopic (exact) mass is 225 g/mol. The Bertz CT molecular complexity index is 477. The van der Waals surface area contributed by atoms with E-state index in [-0.39, 0.29) is 0 Å². The van der Waals surface area contributed by atoms with E-state index in [1.54, 1.807) is 6.08 Å². The summed E-state index contributed by atoms with van der Waals surface area (Å²) in [6.07, 6.45) is 11.7. The number of allylic oxidation sites excluding steroid dienone is 3. The van der Waals surface area contributed by atoms with Crippen LogP contribution in [0.2, 0.25) is 0 Å². The summed E-state index contributed by atoms with van der Waals surface area (Å²) < 4.78 is 0. The second-order valence-corrected chi connectivity index (χ2v) is 3.70. The normalized spacial score (nSPS) is 11.9. The fourth-order valence-corrected chi connectivity index (χ4v) is 1.70. The number of rotatable bonds is 4. The molecule has 0 spiro atoms.